The number of phenols is 1. The predicted octanol–water partition coefficient (Wildman–Crippen LogP) is 3.87. The van der Waals surface area contributed by atoms with Gasteiger partial charge in [0.25, 0.3) is 0 Å². The maximum atomic E-state index is 13.3. The van der Waals surface area contributed by atoms with Crippen LogP contribution < -0.4 is 4.90 Å². The first-order valence-electron chi connectivity index (χ1n) is 6.39. The van der Waals surface area contributed by atoms with Crippen molar-refractivity contribution in [3.05, 3.63) is 59.4 Å². The van der Waals surface area contributed by atoms with E-state index in [1.54, 1.807) is 0 Å². The summed E-state index contributed by atoms with van der Waals surface area (Å²) >= 11 is 0. The number of nitrogens with zero attached hydrogens (tertiary/aromatic N) is 1. The Morgan fingerprint density at radius 1 is 1.16 bits per heavy atom. The van der Waals surface area contributed by atoms with Crippen LogP contribution in [0.1, 0.15) is 18.1 Å². The van der Waals surface area contributed by atoms with E-state index in [2.05, 4.69) is 4.90 Å². The van der Waals surface area contributed by atoms with Crippen molar-refractivity contribution in [1.29, 1.82) is 0 Å². The minimum Gasteiger partial charge on any atom is -0.508 e. The van der Waals surface area contributed by atoms with Crippen molar-refractivity contribution >= 4 is 5.69 Å². The third-order valence-electron chi connectivity index (χ3n) is 3.24. The molecular weight excluding hydrogens is 241 g/mol. The summed E-state index contributed by atoms with van der Waals surface area (Å²) in [6, 6.07) is 12.1. The number of aromatic hydroxyl groups is 1. The van der Waals surface area contributed by atoms with Gasteiger partial charge in [-0.05, 0) is 43.7 Å². The zero-order valence-electron chi connectivity index (χ0n) is 11.2. The summed E-state index contributed by atoms with van der Waals surface area (Å²) in [5.41, 5.74) is 2.87. The van der Waals surface area contributed by atoms with E-state index in [0.29, 0.717) is 12.1 Å². The van der Waals surface area contributed by atoms with Gasteiger partial charge in [-0.1, -0.05) is 18.2 Å². The lowest BCUT2D eigenvalue weighted by atomic mass is 10.1. The van der Waals surface area contributed by atoms with E-state index >= 15 is 0 Å². The molecule has 2 aromatic rings. The van der Waals surface area contributed by atoms with Gasteiger partial charge < -0.3 is 10.0 Å². The molecule has 2 aromatic carbocycles. The molecule has 3 heteroatoms. The Bertz CT molecular complexity index is 568. The minimum atomic E-state index is -0.325. The molecule has 0 atom stereocenters. The Labute approximate surface area is 113 Å². The van der Waals surface area contributed by atoms with Crippen LogP contribution in [0.2, 0.25) is 0 Å². The zero-order chi connectivity index (χ0) is 13.8. The van der Waals surface area contributed by atoms with Crippen LogP contribution in [-0.2, 0) is 6.54 Å². The first-order chi connectivity index (χ1) is 9.11. The second kappa shape index (κ2) is 5.74. The molecule has 0 aliphatic carbocycles. The molecule has 0 bridgehead atoms. The van der Waals surface area contributed by atoms with Crippen LogP contribution in [0.5, 0.6) is 5.75 Å². The number of halogens is 1. The fourth-order valence-electron chi connectivity index (χ4n) is 2.17. The van der Waals surface area contributed by atoms with Gasteiger partial charge in [-0.15, -0.1) is 0 Å². The van der Waals surface area contributed by atoms with Crippen LogP contribution in [0.25, 0.3) is 0 Å². The summed E-state index contributed by atoms with van der Waals surface area (Å²) in [6.45, 7) is 5.37. The number of aryl methyl sites for hydroxylation is 1. The van der Waals surface area contributed by atoms with E-state index in [4.69, 9.17) is 0 Å². The van der Waals surface area contributed by atoms with E-state index in [-0.39, 0.29) is 11.6 Å². The van der Waals surface area contributed by atoms with E-state index in [1.807, 2.05) is 38.1 Å². The average Bonchev–Trinajstić information content (AvgIpc) is 2.41. The van der Waals surface area contributed by atoms with Gasteiger partial charge in [-0.3, -0.25) is 0 Å². The normalized spacial score (nSPS) is 10.5. The minimum absolute atomic E-state index is 0.133. The summed E-state index contributed by atoms with van der Waals surface area (Å²) in [7, 11) is 0. The molecule has 0 amide bonds. The molecule has 0 spiro atoms. The fourth-order valence-corrected chi connectivity index (χ4v) is 2.17. The lowest BCUT2D eigenvalue weighted by molar-refractivity contribution is 0.464. The molecule has 0 aromatic heterocycles. The van der Waals surface area contributed by atoms with Gasteiger partial charge in [-0.2, -0.15) is 0 Å². The van der Waals surface area contributed by atoms with E-state index < -0.39 is 0 Å². The predicted molar refractivity (Wildman–Crippen MR) is 76.0 cm³/mol. The quantitative estimate of drug-likeness (QED) is 0.901. The molecular formula is C16H18FNO. The van der Waals surface area contributed by atoms with Gasteiger partial charge >= 0.3 is 0 Å². The molecule has 2 rings (SSSR count). The van der Waals surface area contributed by atoms with E-state index in [1.165, 1.54) is 23.8 Å². The Morgan fingerprint density at radius 2 is 1.89 bits per heavy atom. The van der Waals surface area contributed by atoms with Crippen molar-refractivity contribution in [1.82, 2.24) is 0 Å². The van der Waals surface area contributed by atoms with E-state index in [0.717, 1.165) is 12.2 Å². The fraction of sp³-hybridized carbons (Fsp3) is 0.250. The Balaban J connectivity index is 2.29. The molecule has 0 fully saturated rings. The third kappa shape index (κ3) is 3.05. The maximum Gasteiger partial charge on any atom is 0.123 e. The molecule has 0 saturated heterocycles. The van der Waals surface area contributed by atoms with Crippen LogP contribution in [0.15, 0.2) is 42.5 Å². The SMILES string of the molecule is CCN(Cc1cc(F)ccc1O)c1ccccc1C. The third-order valence-corrected chi connectivity index (χ3v) is 3.24. The highest BCUT2D eigenvalue weighted by Crippen LogP contribution is 2.25. The van der Waals surface area contributed by atoms with Crippen molar-refractivity contribution in [3.8, 4) is 5.75 Å². The number of anilines is 1. The van der Waals surface area contributed by atoms with Crippen LogP contribution in [0, 0.1) is 12.7 Å². The summed E-state index contributed by atoms with van der Waals surface area (Å²) < 4.78 is 13.3. The van der Waals surface area contributed by atoms with E-state index in [9.17, 15) is 9.50 Å². The highest BCUT2D eigenvalue weighted by Gasteiger charge is 2.11. The first kappa shape index (κ1) is 13.4. The average molecular weight is 259 g/mol. The topological polar surface area (TPSA) is 23.5 Å². The number of hydrogen-bond donors (Lipinski definition) is 1. The van der Waals surface area contributed by atoms with Gasteiger partial charge in [0.2, 0.25) is 0 Å². The smallest absolute Gasteiger partial charge is 0.123 e. The largest absolute Gasteiger partial charge is 0.508 e. The number of para-hydroxylation sites is 1. The molecule has 19 heavy (non-hydrogen) atoms. The van der Waals surface area contributed by atoms with Crippen LogP contribution in [-0.4, -0.2) is 11.7 Å². The maximum absolute atomic E-state index is 13.3. The number of hydrogen-bond acceptors (Lipinski definition) is 2. The molecule has 0 saturated carbocycles. The Kier molecular flexibility index (Phi) is 4.05. The van der Waals surface area contributed by atoms with Gasteiger partial charge in [0.1, 0.15) is 11.6 Å². The standard InChI is InChI=1S/C16H18FNO/c1-3-18(15-7-5-4-6-12(15)2)11-13-10-14(17)8-9-16(13)19/h4-10,19H,3,11H2,1-2H3. The van der Waals surface area contributed by atoms with Crippen molar-refractivity contribution in [2.45, 2.75) is 20.4 Å². The molecule has 0 heterocycles. The molecule has 2 nitrogen and oxygen atoms in total. The molecule has 0 aliphatic heterocycles. The van der Waals surface area contributed by atoms with Gasteiger partial charge in [-0.25, -0.2) is 4.39 Å². The Morgan fingerprint density at radius 3 is 2.58 bits per heavy atom. The molecule has 1 N–H and O–H groups in total. The molecule has 0 radical (unpaired) electrons. The highest BCUT2D eigenvalue weighted by molar-refractivity contribution is 5.53. The van der Waals surface area contributed by atoms with Crippen molar-refractivity contribution in [2.75, 3.05) is 11.4 Å². The van der Waals surface area contributed by atoms with Gasteiger partial charge in [0.05, 0.1) is 0 Å². The number of phenolic OH excluding ortho intramolecular Hbond substituents is 1. The second-order valence-corrected chi connectivity index (χ2v) is 4.57. The summed E-state index contributed by atoms with van der Waals surface area (Å²) in [5, 5.41) is 9.80. The lowest BCUT2D eigenvalue weighted by Gasteiger charge is -2.25. The lowest BCUT2D eigenvalue weighted by Crippen LogP contribution is -2.22. The molecule has 0 aliphatic rings. The van der Waals surface area contributed by atoms with Gasteiger partial charge in [0.15, 0.2) is 0 Å². The summed E-state index contributed by atoms with van der Waals surface area (Å²) in [4.78, 5) is 2.11. The highest BCUT2D eigenvalue weighted by atomic mass is 19.1. The molecule has 100 valence electrons. The van der Waals surface area contributed by atoms with Crippen molar-refractivity contribution in [3.63, 3.8) is 0 Å². The number of rotatable bonds is 4. The Hall–Kier alpha value is -2.03. The summed E-state index contributed by atoms with van der Waals surface area (Å²) in [5.74, 6) is -0.193. The van der Waals surface area contributed by atoms with Crippen LogP contribution in [0.3, 0.4) is 0 Å². The first-order valence-corrected chi connectivity index (χ1v) is 6.39. The van der Waals surface area contributed by atoms with Crippen molar-refractivity contribution < 1.29 is 9.50 Å². The molecule has 0 unspecified atom stereocenters. The van der Waals surface area contributed by atoms with Crippen LogP contribution >= 0.6 is 0 Å². The monoisotopic (exact) mass is 259 g/mol. The van der Waals surface area contributed by atoms with Crippen molar-refractivity contribution in [2.24, 2.45) is 0 Å². The number of benzene rings is 2. The van der Waals surface area contributed by atoms with Gasteiger partial charge in [0, 0.05) is 24.3 Å². The second-order valence-electron chi connectivity index (χ2n) is 4.57. The zero-order valence-corrected chi connectivity index (χ0v) is 11.2. The van der Waals surface area contributed by atoms with Crippen LogP contribution in [0.4, 0.5) is 10.1 Å². The summed E-state index contributed by atoms with van der Waals surface area (Å²) in [6.07, 6.45) is 0.